The molecule has 1 aromatic carbocycles. The molecule has 2 rings (SSSR count). The van der Waals surface area contributed by atoms with Crippen molar-refractivity contribution in [3.05, 3.63) is 23.2 Å². The van der Waals surface area contributed by atoms with Gasteiger partial charge in [0.25, 0.3) is 0 Å². The van der Waals surface area contributed by atoms with Gasteiger partial charge in [0, 0.05) is 18.1 Å². The summed E-state index contributed by atoms with van der Waals surface area (Å²) in [7, 11) is 2.09. The van der Waals surface area contributed by atoms with Gasteiger partial charge in [-0.1, -0.05) is 18.5 Å². The molecule has 2 aromatic rings. The first-order chi connectivity index (χ1) is 8.11. The molecule has 17 heavy (non-hydrogen) atoms. The molecule has 0 saturated carbocycles. The van der Waals surface area contributed by atoms with Gasteiger partial charge in [-0.2, -0.15) is 0 Å². The molecule has 1 heterocycles. The van der Waals surface area contributed by atoms with Gasteiger partial charge in [0.2, 0.25) is 5.95 Å². The van der Waals surface area contributed by atoms with E-state index in [1.165, 1.54) is 0 Å². The Bertz CT molecular complexity index is 520. The van der Waals surface area contributed by atoms with E-state index in [4.69, 9.17) is 17.3 Å². The maximum absolute atomic E-state index is 6.00. The van der Waals surface area contributed by atoms with Crippen LogP contribution in [0.25, 0.3) is 11.0 Å². The number of anilines is 1. The number of rotatable bonds is 4. The van der Waals surface area contributed by atoms with Crippen LogP contribution in [0.1, 0.15) is 6.92 Å². The van der Waals surface area contributed by atoms with Crippen molar-refractivity contribution in [2.75, 3.05) is 25.9 Å². The minimum Gasteiger partial charge on any atom is -0.369 e. The lowest BCUT2D eigenvalue weighted by molar-refractivity contribution is 0.338. The van der Waals surface area contributed by atoms with Crippen LogP contribution in [0.15, 0.2) is 18.2 Å². The molecule has 0 saturated heterocycles. The van der Waals surface area contributed by atoms with E-state index in [1.54, 1.807) is 0 Å². The van der Waals surface area contributed by atoms with E-state index in [1.807, 2.05) is 22.8 Å². The number of nitrogens with two attached hydrogens (primary N) is 1. The Morgan fingerprint density at radius 2 is 2.24 bits per heavy atom. The van der Waals surface area contributed by atoms with Crippen LogP contribution in [0.3, 0.4) is 0 Å². The molecule has 0 radical (unpaired) electrons. The number of aromatic nitrogens is 2. The van der Waals surface area contributed by atoms with Gasteiger partial charge in [-0.05, 0) is 31.8 Å². The first kappa shape index (κ1) is 12.2. The Hall–Kier alpha value is -1.26. The van der Waals surface area contributed by atoms with E-state index >= 15 is 0 Å². The first-order valence-electron chi connectivity index (χ1n) is 5.71. The summed E-state index contributed by atoms with van der Waals surface area (Å²) >= 11 is 6.00. The Balaban J connectivity index is 2.32. The van der Waals surface area contributed by atoms with Crippen molar-refractivity contribution in [2.45, 2.75) is 13.5 Å². The molecule has 0 unspecified atom stereocenters. The molecule has 2 N–H and O–H groups in total. The highest BCUT2D eigenvalue weighted by atomic mass is 35.5. The highest BCUT2D eigenvalue weighted by molar-refractivity contribution is 6.31. The Labute approximate surface area is 106 Å². The second kappa shape index (κ2) is 4.94. The van der Waals surface area contributed by atoms with E-state index in [0.717, 1.165) is 30.7 Å². The van der Waals surface area contributed by atoms with Gasteiger partial charge in [0.15, 0.2) is 0 Å². The number of nitrogen functional groups attached to an aromatic ring is 1. The summed E-state index contributed by atoms with van der Waals surface area (Å²) in [6.07, 6.45) is 0. The molecule has 0 fully saturated rings. The van der Waals surface area contributed by atoms with E-state index in [2.05, 4.69) is 23.9 Å². The van der Waals surface area contributed by atoms with Crippen LogP contribution in [0.2, 0.25) is 5.02 Å². The Morgan fingerprint density at radius 1 is 1.47 bits per heavy atom. The first-order valence-corrected chi connectivity index (χ1v) is 6.09. The van der Waals surface area contributed by atoms with Crippen LogP contribution >= 0.6 is 11.6 Å². The molecular weight excluding hydrogens is 236 g/mol. The SMILES string of the molecule is CCN(C)CCn1c(N)nc2ccc(Cl)cc21. The van der Waals surface area contributed by atoms with Crippen LogP contribution in [-0.4, -0.2) is 34.6 Å². The van der Waals surface area contributed by atoms with Gasteiger partial charge < -0.3 is 15.2 Å². The number of halogens is 1. The topological polar surface area (TPSA) is 47.1 Å². The van der Waals surface area contributed by atoms with Crippen LogP contribution in [0.4, 0.5) is 5.95 Å². The minimum atomic E-state index is 0.548. The normalized spacial score (nSPS) is 11.5. The number of hydrogen-bond donors (Lipinski definition) is 1. The summed E-state index contributed by atoms with van der Waals surface area (Å²) in [4.78, 5) is 6.55. The third-order valence-electron chi connectivity index (χ3n) is 2.98. The minimum absolute atomic E-state index is 0.548. The zero-order valence-electron chi connectivity index (χ0n) is 10.2. The maximum Gasteiger partial charge on any atom is 0.201 e. The zero-order valence-corrected chi connectivity index (χ0v) is 10.9. The molecule has 0 bridgehead atoms. The molecule has 0 spiro atoms. The third kappa shape index (κ3) is 2.53. The quantitative estimate of drug-likeness (QED) is 0.908. The molecule has 4 nitrogen and oxygen atoms in total. The Kier molecular flexibility index (Phi) is 3.54. The van der Waals surface area contributed by atoms with Gasteiger partial charge in [0.1, 0.15) is 0 Å². The lowest BCUT2D eigenvalue weighted by Crippen LogP contribution is -2.23. The largest absolute Gasteiger partial charge is 0.369 e. The van der Waals surface area contributed by atoms with Gasteiger partial charge in [-0.25, -0.2) is 4.98 Å². The summed E-state index contributed by atoms with van der Waals surface area (Å²) < 4.78 is 2.01. The van der Waals surface area contributed by atoms with Crippen LogP contribution in [-0.2, 0) is 6.54 Å². The van der Waals surface area contributed by atoms with Crippen molar-refractivity contribution in [3.63, 3.8) is 0 Å². The zero-order chi connectivity index (χ0) is 12.4. The highest BCUT2D eigenvalue weighted by Gasteiger charge is 2.08. The van der Waals surface area contributed by atoms with E-state index in [0.29, 0.717) is 11.0 Å². The second-order valence-corrected chi connectivity index (χ2v) is 4.59. The number of fused-ring (bicyclic) bond motifs is 1. The number of likely N-dealkylation sites (N-methyl/N-ethyl adjacent to an activating group) is 1. The van der Waals surface area contributed by atoms with Crippen molar-refractivity contribution in [1.82, 2.24) is 14.5 Å². The molecular formula is C12H17ClN4. The van der Waals surface area contributed by atoms with Gasteiger partial charge in [-0.15, -0.1) is 0 Å². The fourth-order valence-electron chi connectivity index (χ4n) is 1.78. The molecule has 0 aliphatic heterocycles. The Morgan fingerprint density at radius 3 is 2.94 bits per heavy atom. The van der Waals surface area contributed by atoms with Gasteiger partial charge >= 0.3 is 0 Å². The third-order valence-corrected chi connectivity index (χ3v) is 3.22. The van der Waals surface area contributed by atoms with Crippen molar-refractivity contribution >= 4 is 28.6 Å². The molecule has 0 aliphatic rings. The fraction of sp³-hybridized carbons (Fsp3) is 0.417. The lowest BCUT2D eigenvalue weighted by atomic mass is 10.3. The summed E-state index contributed by atoms with van der Waals surface area (Å²) in [5, 5.41) is 0.711. The van der Waals surface area contributed by atoms with Crippen LogP contribution < -0.4 is 5.73 Å². The van der Waals surface area contributed by atoms with E-state index in [-0.39, 0.29) is 0 Å². The number of imidazole rings is 1. The lowest BCUT2D eigenvalue weighted by Gasteiger charge is -2.15. The maximum atomic E-state index is 6.00. The van der Waals surface area contributed by atoms with Crippen molar-refractivity contribution in [2.24, 2.45) is 0 Å². The predicted molar refractivity (Wildman–Crippen MR) is 72.3 cm³/mol. The summed E-state index contributed by atoms with van der Waals surface area (Å²) in [5.41, 5.74) is 7.82. The van der Waals surface area contributed by atoms with E-state index < -0.39 is 0 Å². The van der Waals surface area contributed by atoms with Crippen LogP contribution in [0, 0.1) is 0 Å². The van der Waals surface area contributed by atoms with Crippen LogP contribution in [0.5, 0.6) is 0 Å². The average Bonchev–Trinajstić information content (AvgIpc) is 2.61. The van der Waals surface area contributed by atoms with Gasteiger partial charge in [-0.3, -0.25) is 0 Å². The second-order valence-electron chi connectivity index (χ2n) is 4.15. The molecule has 0 amide bonds. The van der Waals surface area contributed by atoms with Crippen molar-refractivity contribution in [1.29, 1.82) is 0 Å². The van der Waals surface area contributed by atoms with Gasteiger partial charge in [0.05, 0.1) is 11.0 Å². The fourth-order valence-corrected chi connectivity index (χ4v) is 1.94. The summed E-state index contributed by atoms with van der Waals surface area (Å²) in [6.45, 7) is 4.92. The molecule has 5 heteroatoms. The monoisotopic (exact) mass is 252 g/mol. The number of benzene rings is 1. The summed E-state index contributed by atoms with van der Waals surface area (Å²) in [5.74, 6) is 0.548. The number of hydrogen-bond acceptors (Lipinski definition) is 3. The molecule has 92 valence electrons. The van der Waals surface area contributed by atoms with E-state index in [9.17, 15) is 0 Å². The van der Waals surface area contributed by atoms with Crippen molar-refractivity contribution < 1.29 is 0 Å². The average molecular weight is 253 g/mol. The smallest absolute Gasteiger partial charge is 0.201 e. The standard InChI is InChI=1S/C12H17ClN4/c1-3-16(2)6-7-17-11-8-9(13)4-5-10(11)15-12(17)14/h4-5,8H,3,6-7H2,1-2H3,(H2,14,15). The predicted octanol–water partition coefficient (Wildman–Crippen LogP) is 2.22. The summed E-state index contributed by atoms with van der Waals surface area (Å²) in [6, 6.07) is 5.64. The number of nitrogens with zero attached hydrogens (tertiary/aromatic N) is 3. The van der Waals surface area contributed by atoms with Crippen molar-refractivity contribution in [3.8, 4) is 0 Å². The highest BCUT2D eigenvalue weighted by Crippen LogP contribution is 2.21. The molecule has 1 aromatic heterocycles. The molecule has 0 aliphatic carbocycles. The molecule has 0 atom stereocenters.